The van der Waals surface area contributed by atoms with Gasteiger partial charge in [-0.25, -0.2) is 4.39 Å². The van der Waals surface area contributed by atoms with Crippen LogP contribution in [0.3, 0.4) is 0 Å². The Morgan fingerprint density at radius 1 is 1.12 bits per heavy atom. The quantitative estimate of drug-likeness (QED) is 0.261. The lowest BCUT2D eigenvalue weighted by atomic mass is 10.1. The summed E-state index contributed by atoms with van der Waals surface area (Å²) in [6, 6.07) is 10.4. The third kappa shape index (κ3) is 8.87. The van der Waals surface area contributed by atoms with Gasteiger partial charge in [0.2, 0.25) is 0 Å². The maximum absolute atomic E-state index is 12.9. The molecule has 0 fully saturated rings. The summed E-state index contributed by atoms with van der Waals surface area (Å²) in [6.07, 6.45) is 3.25. The number of rotatable bonds is 9. The van der Waals surface area contributed by atoms with Crippen LogP contribution >= 0.6 is 24.0 Å². The van der Waals surface area contributed by atoms with E-state index in [-0.39, 0.29) is 29.8 Å². The molecular weight excluding hydrogens is 436 g/mol. The number of benzene rings is 1. The van der Waals surface area contributed by atoms with Crippen molar-refractivity contribution in [1.29, 1.82) is 0 Å². The number of hydrogen-bond acceptors (Lipinski definition) is 3. The van der Waals surface area contributed by atoms with Crippen LogP contribution in [-0.4, -0.2) is 39.3 Å². The number of nitrogens with one attached hydrogen (secondary N) is 2. The summed E-state index contributed by atoms with van der Waals surface area (Å²) >= 11 is 0. The van der Waals surface area contributed by atoms with Gasteiger partial charge in [0.1, 0.15) is 11.6 Å². The number of guanidine groups is 1. The smallest absolute Gasteiger partial charge is 0.191 e. The molecule has 0 saturated carbocycles. The van der Waals surface area contributed by atoms with Gasteiger partial charge in [0, 0.05) is 26.6 Å². The average Bonchev–Trinajstić information content (AvgIpc) is 3.10. The Morgan fingerprint density at radius 3 is 2.48 bits per heavy atom. The molecule has 0 atom stereocenters. The summed E-state index contributed by atoms with van der Waals surface area (Å²) in [7, 11) is 1.65. The van der Waals surface area contributed by atoms with Crippen molar-refractivity contribution in [1.82, 2.24) is 10.6 Å². The number of methoxy groups -OCH3 is 1. The highest BCUT2D eigenvalue weighted by Crippen LogP contribution is 2.03. The molecule has 5 nitrogen and oxygen atoms in total. The second-order valence-corrected chi connectivity index (χ2v) is 5.28. The largest absolute Gasteiger partial charge is 0.469 e. The van der Waals surface area contributed by atoms with E-state index in [1.165, 1.54) is 12.1 Å². The molecule has 0 aliphatic heterocycles. The zero-order valence-electron chi connectivity index (χ0n) is 14.3. The predicted molar refractivity (Wildman–Crippen MR) is 108 cm³/mol. The Kier molecular flexibility index (Phi) is 10.9. The predicted octanol–water partition coefficient (Wildman–Crippen LogP) is 3.00. The summed E-state index contributed by atoms with van der Waals surface area (Å²) in [6.45, 7) is 2.60. The number of furan rings is 1. The van der Waals surface area contributed by atoms with Crippen molar-refractivity contribution in [2.24, 2.45) is 4.99 Å². The zero-order valence-corrected chi connectivity index (χ0v) is 16.7. The molecule has 0 saturated heterocycles. The molecule has 2 rings (SSSR count). The van der Waals surface area contributed by atoms with E-state index in [2.05, 4.69) is 15.6 Å². The fourth-order valence-corrected chi connectivity index (χ4v) is 2.16. The van der Waals surface area contributed by atoms with E-state index >= 15 is 0 Å². The Hall–Kier alpha value is -1.61. The molecule has 0 unspecified atom stereocenters. The molecule has 0 spiro atoms. The maximum atomic E-state index is 12.9. The average molecular weight is 461 g/mol. The van der Waals surface area contributed by atoms with Crippen molar-refractivity contribution >= 4 is 29.9 Å². The molecule has 138 valence electrons. The standard InChI is InChI=1S/C18H24FN3O2.HI/c1-23-14-12-22-18(21-11-9-17-3-2-13-24-17)20-10-8-15-4-6-16(19)7-5-15;/h2-7,13H,8-12,14H2,1H3,(H2,20,21,22);1H. The first-order chi connectivity index (χ1) is 11.8. The summed E-state index contributed by atoms with van der Waals surface area (Å²) in [4.78, 5) is 4.46. The fourth-order valence-electron chi connectivity index (χ4n) is 2.16. The van der Waals surface area contributed by atoms with Gasteiger partial charge < -0.3 is 19.8 Å². The third-order valence-electron chi connectivity index (χ3n) is 3.43. The molecule has 1 aromatic heterocycles. The van der Waals surface area contributed by atoms with Crippen LogP contribution in [0.1, 0.15) is 11.3 Å². The summed E-state index contributed by atoms with van der Waals surface area (Å²) in [5.74, 6) is 1.46. The highest BCUT2D eigenvalue weighted by molar-refractivity contribution is 14.0. The lowest BCUT2D eigenvalue weighted by Gasteiger charge is -2.12. The van der Waals surface area contributed by atoms with E-state index in [1.807, 2.05) is 12.1 Å². The van der Waals surface area contributed by atoms with Crippen LogP contribution in [0.15, 0.2) is 52.1 Å². The van der Waals surface area contributed by atoms with Gasteiger partial charge in [-0.05, 0) is 36.2 Å². The maximum Gasteiger partial charge on any atom is 0.191 e. The van der Waals surface area contributed by atoms with Gasteiger partial charge in [0.05, 0.1) is 19.4 Å². The van der Waals surface area contributed by atoms with Gasteiger partial charge >= 0.3 is 0 Å². The molecule has 2 N–H and O–H groups in total. The molecule has 0 bridgehead atoms. The summed E-state index contributed by atoms with van der Waals surface area (Å²) in [5, 5.41) is 6.56. The van der Waals surface area contributed by atoms with Gasteiger partial charge in [-0.2, -0.15) is 0 Å². The minimum Gasteiger partial charge on any atom is -0.469 e. The zero-order chi connectivity index (χ0) is 17.0. The Labute approximate surface area is 165 Å². The van der Waals surface area contributed by atoms with E-state index in [0.717, 1.165) is 36.7 Å². The summed E-state index contributed by atoms with van der Waals surface area (Å²) in [5.41, 5.74) is 1.08. The topological polar surface area (TPSA) is 58.8 Å². The second kappa shape index (κ2) is 12.7. The molecule has 7 heteroatoms. The van der Waals surface area contributed by atoms with Crippen LogP contribution in [0.25, 0.3) is 0 Å². The first kappa shape index (κ1) is 21.4. The van der Waals surface area contributed by atoms with Gasteiger partial charge in [0.15, 0.2) is 5.96 Å². The Balaban J connectivity index is 0.00000312. The minimum absolute atomic E-state index is 0. The van der Waals surface area contributed by atoms with Crippen molar-refractivity contribution in [3.05, 3.63) is 59.8 Å². The SMILES string of the molecule is COCCN=C(NCCc1ccc(F)cc1)NCCc1ccco1.I. The molecule has 2 aromatic rings. The van der Waals surface area contributed by atoms with Crippen LogP contribution < -0.4 is 10.6 Å². The molecule has 25 heavy (non-hydrogen) atoms. The normalized spacial score (nSPS) is 11.0. The number of aliphatic imine (C=N–C) groups is 1. The number of halogens is 2. The minimum atomic E-state index is -0.215. The Bertz CT molecular complexity index is 603. The molecule has 0 amide bonds. The molecular formula is C18H25FIN3O2. The van der Waals surface area contributed by atoms with E-state index in [0.29, 0.717) is 19.7 Å². The lowest BCUT2D eigenvalue weighted by molar-refractivity contribution is 0.208. The number of ether oxygens (including phenoxy) is 1. The van der Waals surface area contributed by atoms with Crippen molar-refractivity contribution < 1.29 is 13.5 Å². The van der Waals surface area contributed by atoms with Gasteiger partial charge in [-0.3, -0.25) is 4.99 Å². The Morgan fingerprint density at radius 2 is 1.84 bits per heavy atom. The van der Waals surface area contributed by atoms with Crippen LogP contribution in [0.5, 0.6) is 0 Å². The van der Waals surface area contributed by atoms with Crippen LogP contribution in [0.4, 0.5) is 4.39 Å². The van der Waals surface area contributed by atoms with E-state index in [1.54, 1.807) is 25.5 Å². The van der Waals surface area contributed by atoms with Crippen LogP contribution in [0, 0.1) is 5.82 Å². The highest BCUT2D eigenvalue weighted by atomic mass is 127. The number of nitrogens with zero attached hydrogens (tertiary/aromatic N) is 1. The van der Waals surface area contributed by atoms with Crippen LogP contribution in [-0.2, 0) is 17.6 Å². The molecule has 0 aliphatic carbocycles. The first-order valence-corrected chi connectivity index (χ1v) is 8.06. The van der Waals surface area contributed by atoms with Gasteiger partial charge in [0.25, 0.3) is 0 Å². The lowest BCUT2D eigenvalue weighted by Crippen LogP contribution is -2.39. The van der Waals surface area contributed by atoms with Gasteiger partial charge in [-0.15, -0.1) is 24.0 Å². The fraction of sp³-hybridized carbons (Fsp3) is 0.389. The van der Waals surface area contributed by atoms with E-state index < -0.39 is 0 Å². The monoisotopic (exact) mass is 461 g/mol. The van der Waals surface area contributed by atoms with Crippen molar-refractivity contribution in [2.75, 3.05) is 33.4 Å². The van der Waals surface area contributed by atoms with Crippen molar-refractivity contribution in [2.45, 2.75) is 12.8 Å². The molecule has 1 heterocycles. The van der Waals surface area contributed by atoms with Gasteiger partial charge in [-0.1, -0.05) is 12.1 Å². The van der Waals surface area contributed by atoms with Crippen LogP contribution in [0.2, 0.25) is 0 Å². The van der Waals surface area contributed by atoms with Crippen molar-refractivity contribution in [3.63, 3.8) is 0 Å². The first-order valence-electron chi connectivity index (χ1n) is 8.06. The molecule has 0 aliphatic rings. The molecule has 0 radical (unpaired) electrons. The van der Waals surface area contributed by atoms with Crippen molar-refractivity contribution in [3.8, 4) is 0 Å². The highest BCUT2D eigenvalue weighted by Gasteiger charge is 2.01. The van der Waals surface area contributed by atoms with E-state index in [9.17, 15) is 4.39 Å². The van der Waals surface area contributed by atoms with E-state index in [4.69, 9.17) is 9.15 Å². The summed E-state index contributed by atoms with van der Waals surface area (Å²) < 4.78 is 23.2. The second-order valence-electron chi connectivity index (χ2n) is 5.28. The molecule has 1 aromatic carbocycles. The third-order valence-corrected chi connectivity index (χ3v) is 3.43. The number of hydrogen-bond donors (Lipinski definition) is 2.